The smallest absolute Gasteiger partial charge is 0.308 e. The van der Waals surface area contributed by atoms with E-state index in [0.29, 0.717) is 19.4 Å². The van der Waals surface area contributed by atoms with Crippen LogP contribution in [0.3, 0.4) is 0 Å². The number of hydrogen-bond donors (Lipinski definition) is 0. The lowest BCUT2D eigenvalue weighted by atomic mass is 9.83. The Morgan fingerprint density at radius 3 is 2.44 bits per heavy atom. The Balaban J connectivity index is 2.15. The van der Waals surface area contributed by atoms with Crippen LogP contribution >= 0.6 is 0 Å². The molecule has 0 saturated heterocycles. The van der Waals surface area contributed by atoms with Gasteiger partial charge in [-0.3, -0.25) is 9.59 Å². The maximum absolute atomic E-state index is 11.6. The Morgan fingerprint density at radius 2 is 1.88 bits per heavy atom. The summed E-state index contributed by atoms with van der Waals surface area (Å²) in [7, 11) is 0. The average molecular weight is 226 g/mol. The topological polar surface area (TPSA) is 63.3 Å². The monoisotopic (exact) mass is 226 g/mol. The number of esters is 1. The van der Waals surface area contributed by atoms with Crippen LogP contribution in [0.1, 0.15) is 38.5 Å². The maximum Gasteiger partial charge on any atom is 0.308 e. The van der Waals surface area contributed by atoms with Crippen LogP contribution in [0.15, 0.2) is 0 Å². The molecule has 90 valence electrons. The minimum absolute atomic E-state index is 0.00418. The lowest BCUT2D eigenvalue weighted by molar-refractivity contribution is -0.150. The summed E-state index contributed by atoms with van der Waals surface area (Å²) in [4.78, 5) is 22.0. The molecule has 4 heteroatoms. The van der Waals surface area contributed by atoms with Gasteiger partial charge >= 0.3 is 5.97 Å². The summed E-state index contributed by atoms with van der Waals surface area (Å²) in [6.45, 7) is 0.235. The van der Waals surface area contributed by atoms with Crippen molar-refractivity contribution in [1.82, 2.24) is 0 Å². The SMILES string of the molecule is [O]CCCCOC(=O)C1CCC([C]=O)CC1. The van der Waals surface area contributed by atoms with Gasteiger partial charge in [0.1, 0.15) is 0 Å². The van der Waals surface area contributed by atoms with Gasteiger partial charge in [0.15, 0.2) is 0 Å². The molecular formula is C12H18O4. The number of ether oxygens (including phenoxy) is 1. The summed E-state index contributed by atoms with van der Waals surface area (Å²) in [5.74, 6) is -0.225. The Labute approximate surface area is 96.0 Å². The van der Waals surface area contributed by atoms with Crippen molar-refractivity contribution in [2.75, 3.05) is 13.2 Å². The highest BCUT2D eigenvalue weighted by Crippen LogP contribution is 2.28. The van der Waals surface area contributed by atoms with Crippen molar-refractivity contribution >= 4 is 12.3 Å². The fourth-order valence-corrected chi connectivity index (χ4v) is 1.94. The molecule has 4 nitrogen and oxygen atoms in total. The molecule has 2 radical (unpaired) electrons. The molecule has 1 fully saturated rings. The summed E-state index contributed by atoms with van der Waals surface area (Å²) in [5.41, 5.74) is 0. The van der Waals surface area contributed by atoms with E-state index in [1.165, 1.54) is 0 Å². The van der Waals surface area contributed by atoms with E-state index in [4.69, 9.17) is 4.74 Å². The van der Waals surface area contributed by atoms with E-state index in [1.807, 2.05) is 6.29 Å². The van der Waals surface area contributed by atoms with E-state index in [1.54, 1.807) is 0 Å². The first-order valence-electron chi connectivity index (χ1n) is 5.90. The second-order valence-corrected chi connectivity index (χ2v) is 4.25. The van der Waals surface area contributed by atoms with Crippen LogP contribution in [0, 0.1) is 11.8 Å². The third-order valence-corrected chi connectivity index (χ3v) is 3.01. The van der Waals surface area contributed by atoms with Crippen LogP contribution in [0.5, 0.6) is 0 Å². The van der Waals surface area contributed by atoms with Crippen LogP contribution in [0.2, 0.25) is 0 Å². The highest BCUT2D eigenvalue weighted by atomic mass is 16.5. The second kappa shape index (κ2) is 7.39. The molecule has 0 bridgehead atoms. The normalized spacial score (nSPS) is 25.1. The third-order valence-electron chi connectivity index (χ3n) is 3.01. The van der Waals surface area contributed by atoms with Gasteiger partial charge in [0, 0.05) is 5.92 Å². The van der Waals surface area contributed by atoms with Crippen molar-refractivity contribution < 1.29 is 19.4 Å². The Bertz CT molecular complexity index is 219. The molecule has 0 aliphatic heterocycles. The fourth-order valence-electron chi connectivity index (χ4n) is 1.94. The standard InChI is InChI=1S/C12H18O4/c13-7-1-2-8-16-12(15)11-5-3-10(9-14)4-6-11/h10-11H,1-8H2. The highest BCUT2D eigenvalue weighted by Gasteiger charge is 2.27. The van der Waals surface area contributed by atoms with Gasteiger partial charge in [-0.1, -0.05) is 0 Å². The number of rotatable bonds is 6. The van der Waals surface area contributed by atoms with E-state index in [2.05, 4.69) is 0 Å². The maximum atomic E-state index is 11.6. The van der Waals surface area contributed by atoms with E-state index in [-0.39, 0.29) is 24.4 Å². The summed E-state index contributed by atoms with van der Waals surface area (Å²) in [5, 5.41) is 10.2. The van der Waals surface area contributed by atoms with Crippen LogP contribution in [0.25, 0.3) is 0 Å². The van der Waals surface area contributed by atoms with E-state index in [9.17, 15) is 14.7 Å². The van der Waals surface area contributed by atoms with Gasteiger partial charge in [-0.05, 0) is 38.5 Å². The minimum atomic E-state index is -0.171. The van der Waals surface area contributed by atoms with Crippen molar-refractivity contribution in [2.24, 2.45) is 11.8 Å². The molecule has 1 rings (SSSR count). The predicted octanol–water partition coefficient (Wildman–Crippen LogP) is 1.66. The predicted molar refractivity (Wildman–Crippen MR) is 56.9 cm³/mol. The van der Waals surface area contributed by atoms with E-state index >= 15 is 0 Å². The quantitative estimate of drug-likeness (QED) is 0.511. The second-order valence-electron chi connectivity index (χ2n) is 4.25. The fraction of sp³-hybridized carbons (Fsp3) is 0.833. The zero-order valence-corrected chi connectivity index (χ0v) is 9.44. The molecular weight excluding hydrogens is 208 g/mol. The summed E-state index contributed by atoms with van der Waals surface area (Å²) >= 11 is 0. The van der Waals surface area contributed by atoms with Crippen LogP contribution in [0.4, 0.5) is 0 Å². The van der Waals surface area contributed by atoms with Gasteiger partial charge in [-0.15, -0.1) is 0 Å². The van der Waals surface area contributed by atoms with Gasteiger partial charge < -0.3 is 4.74 Å². The van der Waals surface area contributed by atoms with Crippen LogP contribution < -0.4 is 0 Å². The van der Waals surface area contributed by atoms with Crippen molar-refractivity contribution in [3.05, 3.63) is 0 Å². The number of carbonyl (C=O) groups excluding carboxylic acids is 2. The largest absolute Gasteiger partial charge is 0.465 e. The van der Waals surface area contributed by atoms with E-state index in [0.717, 1.165) is 25.7 Å². The number of hydrogen-bond acceptors (Lipinski definition) is 3. The molecule has 1 aliphatic carbocycles. The first-order chi connectivity index (χ1) is 7.77. The summed E-state index contributed by atoms with van der Waals surface area (Å²) in [6, 6.07) is 0. The molecule has 16 heavy (non-hydrogen) atoms. The Kier molecular flexibility index (Phi) is 6.08. The summed E-state index contributed by atoms with van der Waals surface area (Å²) < 4.78 is 5.08. The molecule has 0 heterocycles. The zero-order valence-electron chi connectivity index (χ0n) is 9.44. The lowest BCUT2D eigenvalue weighted by Gasteiger charge is -2.23. The molecule has 0 aromatic rings. The number of unbranched alkanes of at least 4 members (excludes halogenated alkanes) is 1. The molecule has 0 unspecified atom stereocenters. The molecule has 0 aromatic heterocycles. The molecule has 0 N–H and O–H groups in total. The van der Waals surface area contributed by atoms with Gasteiger partial charge in [-0.25, -0.2) is 5.11 Å². The molecule has 0 spiro atoms. The van der Waals surface area contributed by atoms with Crippen LogP contribution in [-0.4, -0.2) is 25.5 Å². The van der Waals surface area contributed by atoms with E-state index < -0.39 is 0 Å². The zero-order chi connectivity index (χ0) is 11.8. The molecule has 0 aromatic carbocycles. The molecule has 1 aliphatic rings. The van der Waals surface area contributed by atoms with Crippen molar-refractivity contribution in [3.8, 4) is 0 Å². The van der Waals surface area contributed by atoms with Gasteiger partial charge in [0.05, 0.1) is 19.1 Å². The lowest BCUT2D eigenvalue weighted by Crippen LogP contribution is -2.24. The van der Waals surface area contributed by atoms with Crippen molar-refractivity contribution in [1.29, 1.82) is 0 Å². The first-order valence-corrected chi connectivity index (χ1v) is 5.90. The molecule has 1 saturated carbocycles. The third kappa shape index (κ3) is 4.31. The Morgan fingerprint density at radius 1 is 1.19 bits per heavy atom. The van der Waals surface area contributed by atoms with Crippen LogP contribution in [-0.2, 0) is 19.4 Å². The molecule has 0 amide bonds. The van der Waals surface area contributed by atoms with Crippen molar-refractivity contribution in [3.63, 3.8) is 0 Å². The Hall–Kier alpha value is -0.900. The number of carbonyl (C=O) groups is 1. The first kappa shape index (κ1) is 13.2. The average Bonchev–Trinajstić information content (AvgIpc) is 2.34. The van der Waals surface area contributed by atoms with Gasteiger partial charge in [0.25, 0.3) is 0 Å². The van der Waals surface area contributed by atoms with Gasteiger partial charge in [0.2, 0.25) is 6.29 Å². The minimum Gasteiger partial charge on any atom is -0.465 e. The molecule has 0 atom stereocenters. The summed E-state index contributed by atoms with van der Waals surface area (Å²) in [6.07, 6.45) is 6.11. The highest BCUT2D eigenvalue weighted by molar-refractivity contribution is 5.72. The van der Waals surface area contributed by atoms with Crippen molar-refractivity contribution in [2.45, 2.75) is 38.5 Å². The van der Waals surface area contributed by atoms with Gasteiger partial charge in [-0.2, -0.15) is 0 Å².